The van der Waals surface area contributed by atoms with E-state index in [0.29, 0.717) is 10.4 Å². The topological polar surface area (TPSA) is 110 Å². The summed E-state index contributed by atoms with van der Waals surface area (Å²) in [6.45, 7) is 0.567. The number of nitrogens with one attached hydrogen (secondary N) is 1. The molecular weight excluding hydrogens is 451 g/mol. The molecule has 0 aliphatic rings. The zero-order chi connectivity index (χ0) is 22.9. The summed E-state index contributed by atoms with van der Waals surface area (Å²) in [5, 5.41) is 12.8. The number of aryl methyl sites for hydroxylation is 1. The average molecular weight is 466 g/mol. The number of amides is 1. The van der Waals surface area contributed by atoms with Crippen molar-refractivity contribution in [3.05, 3.63) is 62.7 Å². The van der Waals surface area contributed by atoms with Gasteiger partial charge >= 0.3 is 6.18 Å². The highest BCUT2D eigenvalue weighted by Crippen LogP contribution is 2.36. The van der Waals surface area contributed by atoms with Crippen molar-refractivity contribution in [1.29, 1.82) is 0 Å². The van der Waals surface area contributed by atoms with E-state index < -0.39 is 54.7 Å². The number of nitrogens with zero attached hydrogens (tertiary/aromatic N) is 2. The van der Waals surface area contributed by atoms with Crippen LogP contribution in [0.1, 0.15) is 11.1 Å². The van der Waals surface area contributed by atoms with Gasteiger partial charge in [-0.1, -0.05) is 23.7 Å². The van der Waals surface area contributed by atoms with Crippen molar-refractivity contribution in [2.75, 3.05) is 18.9 Å². The Hall–Kier alpha value is -2.70. The first kappa shape index (κ1) is 23.6. The Labute approximate surface area is 174 Å². The molecule has 2 rings (SSSR count). The first-order valence-electron chi connectivity index (χ1n) is 8.12. The number of hydrogen-bond acceptors (Lipinski definition) is 5. The van der Waals surface area contributed by atoms with Gasteiger partial charge in [-0.05, 0) is 30.7 Å². The fourth-order valence-corrected chi connectivity index (χ4v) is 4.29. The number of nitro groups is 1. The third-order valence-electron chi connectivity index (χ3n) is 3.98. The SMILES string of the molecule is Cc1cccc([N+](=O)[O-])c1S(=O)(=O)N(C)CC(=O)Nc1ccc(Cl)c(C(F)(F)F)c1. The molecule has 0 saturated carbocycles. The molecule has 0 radical (unpaired) electrons. The van der Waals surface area contributed by atoms with Crippen molar-refractivity contribution in [3.63, 3.8) is 0 Å². The highest BCUT2D eigenvalue weighted by Gasteiger charge is 2.34. The van der Waals surface area contributed by atoms with Gasteiger partial charge in [-0.15, -0.1) is 0 Å². The van der Waals surface area contributed by atoms with Gasteiger partial charge in [0.1, 0.15) is 0 Å². The summed E-state index contributed by atoms with van der Waals surface area (Å²) in [4.78, 5) is 21.9. The van der Waals surface area contributed by atoms with Gasteiger partial charge in [-0.25, -0.2) is 8.42 Å². The Morgan fingerprint density at radius 1 is 1.27 bits per heavy atom. The molecule has 30 heavy (non-hydrogen) atoms. The maximum atomic E-state index is 12.9. The molecule has 13 heteroatoms. The van der Waals surface area contributed by atoms with Gasteiger partial charge in [0.15, 0.2) is 4.90 Å². The maximum Gasteiger partial charge on any atom is 0.417 e. The van der Waals surface area contributed by atoms with Crippen LogP contribution in [0.3, 0.4) is 0 Å². The quantitative estimate of drug-likeness (QED) is 0.515. The molecule has 0 saturated heterocycles. The third-order valence-corrected chi connectivity index (χ3v) is 6.30. The lowest BCUT2D eigenvalue weighted by atomic mass is 10.2. The molecule has 0 heterocycles. The van der Waals surface area contributed by atoms with Crippen LogP contribution in [0.15, 0.2) is 41.3 Å². The van der Waals surface area contributed by atoms with Crippen LogP contribution in [0.25, 0.3) is 0 Å². The van der Waals surface area contributed by atoms with E-state index in [1.54, 1.807) is 0 Å². The summed E-state index contributed by atoms with van der Waals surface area (Å²) in [6.07, 6.45) is -4.75. The molecule has 0 atom stereocenters. The number of halogens is 4. The molecule has 0 aromatic heterocycles. The van der Waals surface area contributed by atoms with E-state index in [2.05, 4.69) is 5.32 Å². The lowest BCUT2D eigenvalue weighted by Crippen LogP contribution is -2.35. The van der Waals surface area contributed by atoms with Crippen molar-refractivity contribution in [3.8, 4) is 0 Å². The number of rotatable bonds is 6. The Morgan fingerprint density at radius 2 is 1.90 bits per heavy atom. The van der Waals surface area contributed by atoms with E-state index in [4.69, 9.17) is 11.6 Å². The molecule has 8 nitrogen and oxygen atoms in total. The number of hydrogen-bond donors (Lipinski definition) is 1. The van der Waals surface area contributed by atoms with Crippen LogP contribution in [0.4, 0.5) is 24.5 Å². The minimum absolute atomic E-state index is 0.101. The summed E-state index contributed by atoms with van der Waals surface area (Å²) in [5.74, 6) is -0.951. The summed E-state index contributed by atoms with van der Waals surface area (Å²) >= 11 is 5.51. The normalized spacial score (nSPS) is 12.1. The molecule has 2 aromatic rings. The number of nitro benzene ring substituents is 1. The van der Waals surface area contributed by atoms with Crippen molar-refractivity contribution in [2.45, 2.75) is 18.0 Å². The van der Waals surface area contributed by atoms with Crippen LogP contribution in [0.5, 0.6) is 0 Å². The molecule has 0 fully saturated rings. The van der Waals surface area contributed by atoms with Gasteiger partial charge in [0.25, 0.3) is 5.69 Å². The molecule has 0 aliphatic carbocycles. The number of carbonyl (C=O) groups is 1. The van der Waals surface area contributed by atoms with Gasteiger partial charge in [-0.3, -0.25) is 14.9 Å². The molecule has 0 spiro atoms. The van der Waals surface area contributed by atoms with E-state index >= 15 is 0 Å². The summed E-state index contributed by atoms with van der Waals surface area (Å²) < 4.78 is 64.9. The number of likely N-dealkylation sites (N-methyl/N-ethyl adjacent to an activating group) is 1. The van der Waals surface area contributed by atoms with Gasteiger partial charge < -0.3 is 5.32 Å². The van der Waals surface area contributed by atoms with Crippen molar-refractivity contribution < 1.29 is 31.3 Å². The first-order valence-corrected chi connectivity index (χ1v) is 9.94. The molecule has 162 valence electrons. The lowest BCUT2D eigenvalue weighted by Gasteiger charge is -2.18. The minimum atomic E-state index is -4.75. The monoisotopic (exact) mass is 465 g/mol. The molecule has 1 N–H and O–H groups in total. The van der Waals surface area contributed by atoms with Crippen LogP contribution < -0.4 is 5.32 Å². The Kier molecular flexibility index (Phi) is 6.74. The van der Waals surface area contributed by atoms with Crippen LogP contribution >= 0.6 is 11.6 Å². The van der Waals surface area contributed by atoms with Crippen LogP contribution in [0, 0.1) is 17.0 Å². The highest BCUT2D eigenvalue weighted by molar-refractivity contribution is 7.89. The lowest BCUT2D eigenvalue weighted by molar-refractivity contribution is -0.387. The standard InChI is InChI=1S/C17H15ClF3N3O5S/c1-10-4-3-5-14(24(26)27)16(10)30(28,29)23(2)9-15(25)22-11-6-7-13(18)12(8-11)17(19,20)21/h3-8H,9H2,1-2H3,(H,22,25). The predicted octanol–water partition coefficient (Wildman–Crippen LogP) is 3.83. The number of carbonyl (C=O) groups excluding carboxylic acids is 1. The molecule has 0 bridgehead atoms. The number of sulfonamides is 1. The zero-order valence-electron chi connectivity index (χ0n) is 15.5. The predicted molar refractivity (Wildman–Crippen MR) is 103 cm³/mol. The largest absolute Gasteiger partial charge is 0.417 e. The van der Waals surface area contributed by atoms with Gasteiger partial charge in [0.2, 0.25) is 15.9 Å². The van der Waals surface area contributed by atoms with E-state index in [0.717, 1.165) is 25.2 Å². The van der Waals surface area contributed by atoms with Gasteiger partial charge in [-0.2, -0.15) is 17.5 Å². The van der Waals surface area contributed by atoms with Crippen LogP contribution in [-0.4, -0.2) is 37.1 Å². The van der Waals surface area contributed by atoms with Gasteiger partial charge in [0, 0.05) is 18.8 Å². The minimum Gasteiger partial charge on any atom is -0.325 e. The van der Waals surface area contributed by atoms with E-state index in [1.165, 1.54) is 19.1 Å². The zero-order valence-corrected chi connectivity index (χ0v) is 17.1. The number of benzene rings is 2. The fraction of sp³-hybridized carbons (Fsp3) is 0.235. The molecule has 1 amide bonds. The number of anilines is 1. The van der Waals surface area contributed by atoms with E-state index in [-0.39, 0.29) is 11.3 Å². The molecule has 0 unspecified atom stereocenters. The molecule has 0 aliphatic heterocycles. The Morgan fingerprint density at radius 3 is 2.47 bits per heavy atom. The van der Waals surface area contributed by atoms with Crippen molar-refractivity contribution in [1.82, 2.24) is 4.31 Å². The Bertz CT molecular complexity index is 1110. The molecular formula is C17H15ClF3N3O5S. The maximum absolute atomic E-state index is 12.9. The highest BCUT2D eigenvalue weighted by atomic mass is 35.5. The average Bonchev–Trinajstić information content (AvgIpc) is 2.61. The van der Waals surface area contributed by atoms with Crippen LogP contribution in [-0.2, 0) is 21.0 Å². The Balaban J connectivity index is 2.26. The summed E-state index contributed by atoms with van der Waals surface area (Å²) in [6, 6.07) is 6.37. The first-order chi connectivity index (χ1) is 13.7. The van der Waals surface area contributed by atoms with Crippen molar-refractivity contribution in [2.24, 2.45) is 0 Å². The van der Waals surface area contributed by atoms with E-state index in [9.17, 15) is 36.5 Å². The number of alkyl halides is 3. The second-order valence-corrected chi connectivity index (χ2v) is 8.57. The third kappa shape index (κ3) is 5.07. The van der Waals surface area contributed by atoms with Crippen molar-refractivity contribution >= 4 is 38.9 Å². The van der Waals surface area contributed by atoms with Crippen LogP contribution in [0.2, 0.25) is 5.02 Å². The fourth-order valence-electron chi connectivity index (χ4n) is 2.58. The summed E-state index contributed by atoms with van der Waals surface area (Å²) in [7, 11) is -3.42. The summed E-state index contributed by atoms with van der Waals surface area (Å²) in [5.41, 5.74) is -1.97. The second-order valence-electron chi connectivity index (χ2n) is 6.18. The van der Waals surface area contributed by atoms with E-state index in [1.807, 2.05) is 0 Å². The van der Waals surface area contributed by atoms with Gasteiger partial charge in [0.05, 0.1) is 22.1 Å². The molecule has 2 aromatic carbocycles. The second kappa shape index (κ2) is 8.58. The smallest absolute Gasteiger partial charge is 0.325 e.